The van der Waals surface area contributed by atoms with Crippen molar-refractivity contribution in [3.63, 3.8) is 0 Å². The molecule has 0 saturated heterocycles. The molecule has 0 heterocycles. The van der Waals surface area contributed by atoms with Gasteiger partial charge in [-0.15, -0.1) is 6.58 Å². The normalized spacial score (nSPS) is 11.8. The average Bonchev–Trinajstić information content (AvgIpc) is 2.59. The maximum Gasteiger partial charge on any atom is 0.225 e. The van der Waals surface area contributed by atoms with E-state index in [9.17, 15) is 4.79 Å². The van der Waals surface area contributed by atoms with E-state index >= 15 is 0 Å². The largest absolute Gasteiger partial charge is 0.354 e. The minimum absolute atomic E-state index is 0.0581. The number of hydrogen-bond donors (Lipinski definition) is 1. The summed E-state index contributed by atoms with van der Waals surface area (Å²) < 4.78 is 0. The number of carbonyl (C=O) groups excluding carboxylic acids is 1. The van der Waals surface area contributed by atoms with Crippen LogP contribution < -0.4 is 5.32 Å². The highest BCUT2D eigenvalue weighted by molar-refractivity contribution is 5.81. The van der Waals surface area contributed by atoms with Gasteiger partial charge < -0.3 is 5.32 Å². The van der Waals surface area contributed by atoms with Crippen LogP contribution in [0, 0.1) is 5.41 Å². The van der Waals surface area contributed by atoms with Gasteiger partial charge in [0.25, 0.3) is 0 Å². The molecule has 2 nitrogen and oxygen atoms in total. The summed E-state index contributed by atoms with van der Waals surface area (Å²) in [6.45, 7) is 10.3. The number of benzene rings is 2. The van der Waals surface area contributed by atoms with Gasteiger partial charge in [0.2, 0.25) is 5.91 Å². The minimum Gasteiger partial charge on any atom is -0.354 e. The molecular formula is C22H27NO. The molecule has 2 heteroatoms. The van der Waals surface area contributed by atoms with Gasteiger partial charge in [0.15, 0.2) is 0 Å². The second-order valence-corrected chi connectivity index (χ2v) is 7.24. The quantitative estimate of drug-likeness (QED) is 0.767. The Morgan fingerprint density at radius 2 is 1.42 bits per heavy atom. The highest BCUT2D eigenvalue weighted by Crippen LogP contribution is 2.35. The molecule has 0 aromatic heterocycles. The van der Waals surface area contributed by atoms with Crippen LogP contribution in [0.25, 0.3) is 0 Å². The number of rotatable bonds is 6. The molecule has 0 fully saturated rings. The van der Waals surface area contributed by atoms with E-state index in [-0.39, 0.29) is 11.3 Å². The fraction of sp³-hybridized carbons (Fsp3) is 0.318. The fourth-order valence-electron chi connectivity index (χ4n) is 2.94. The average molecular weight is 321 g/mol. The van der Waals surface area contributed by atoms with E-state index in [1.54, 1.807) is 0 Å². The van der Waals surface area contributed by atoms with Crippen molar-refractivity contribution >= 4 is 5.91 Å². The van der Waals surface area contributed by atoms with E-state index in [0.29, 0.717) is 6.54 Å². The number of carbonyl (C=O) groups is 1. The zero-order chi connectivity index (χ0) is 17.6. The summed E-state index contributed by atoms with van der Waals surface area (Å²) in [4.78, 5) is 12.4. The number of allylic oxidation sites excluding steroid dienone is 1. The van der Waals surface area contributed by atoms with E-state index in [4.69, 9.17) is 0 Å². The van der Waals surface area contributed by atoms with Crippen LogP contribution in [0.4, 0.5) is 0 Å². The lowest BCUT2D eigenvalue weighted by atomic mass is 9.71. The Hall–Kier alpha value is -2.35. The number of hydrogen-bond acceptors (Lipinski definition) is 1. The van der Waals surface area contributed by atoms with Gasteiger partial charge in [-0.3, -0.25) is 4.79 Å². The van der Waals surface area contributed by atoms with E-state index in [1.165, 1.54) is 11.1 Å². The second kappa shape index (κ2) is 7.48. The van der Waals surface area contributed by atoms with Crippen LogP contribution in [0.2, 0.25) is 0 Å². The highest BCUT2D eigenvalue weighted by Gasteiger charge is 2.34. The van der Waals surface area contributed by atoms with Crippen molar-refractivity contribution in [1.29, 1.82) is 0 Å². The predicted molar refractivity (Wildman–Crippen MR) is 101 cm³/mol. The molecule has 2 aromatic rings. The van der Waals surface area contributed by atoms with E-state index in [0.717, 1.165) is 6.42 Å². The van der Waals surface area contributed by atoms with Crippen molar-refractivity contribution in [3.05, 3.63) is 84.4 Å². The van der Waals surface area contributed by atoms with Crippen LogP contribution in [-0.2, 0) is 10.2 Å². The zero-order valence-corrected chi connectivity index (χ0v) is 14.9. The molecule has 0 radical (unpaired) electrons. The van der Waals surface area contributed by atoms with E-state index < -0.39 is 5.41 Å². The molecular weight excluding hydrogens is 294 g/mol. The molecule has 2 rings (SSSR count). The monoisotopic (exact) mass is 321 g/mol. The smallest absolute Gasteiger partial charge is 0.225 e. The Morgan fingerprint density at radius 3 is 1.79 bits per heavy atom. The Bertz CT molecular complexity index is 629. The topological polar surface area (TPSA) is 29.1 Å². The lowest BCUT2D eigenvalue weighted by Crippen LogP contribution is -2.45. The maximum absolute atomic E-state index is 12.4. The van der Waals surface area contributed by atoms with Crippen molar-refractivity contribution < 1.29 is 4.79 Å². The van der Waals surface area contributed by atoms with Gasteiger partial charge in [-0.1, -0.05) is 87.5 Å². The van der Waals surface area contributed by atoms with Gasteiger partial charge >= 0.3 is 0 Å². The number of nitrogens with one attached hydrogen (secondary N) is 1. The van der Waals surface area contributed by atoms with Crippen LogP contribution >= 0.6 is 0 Å². The van der Waals surface area contributed by atoms with Gasteiger partial charge in [0, 0.05) is 17.4 Å². The third-order valence-electron chi connectivity index (χ3n) is 4.38. The molecule has 1 N–H and O–H groups in total. The van der Waals surface area contributed by atoms with Crippen LogP contribution in [-0.4, -0.2) is 12.5 Å². The van der Waals surface area contributed by atoms with Crippen LogP contribution in [0.5, 0.6) is 0 Å². The first-order valence-electron chi connectivity index (χ1n) is 8.40. The molecule has 0 aliphatic carbocycles. The molecule has 24 heavy (non-hydrogen) atoms. The molecule has 2 aromatic carbocycles. The summed E-state index contributed by atoms with van der Waals surface area (Å²) >= 11 is 0. The first-order chi connectivity index (χ1) is 11.4. The molecule has 126 valence electrons. The summed E-state index contributed by atoms with van der Waals surface area (Å²) in [6.07, 6.45) is 2.69. The van der Waals surface area contributed by atoms with Crippen LogP contribution in [0.15, 0.2) is 73.3 Å². The van der Waals surface area contributed by atoms with Crippen molar-refractivity contribution in [2.45, 2.75) is 32.6 Å². The molecule has 1 amide bonds. The van der Waals surface area contributed by atoms with Gasteiger partial charge in [0.1, 0.15) is 0 Å². The van der Waals surface area contributed by atoms with Crippen LogP contribution in [0.1, 0.15) is 38.3 Å². The lowest BCUT2D eigenvalue weighted by Gasteiger charge is -2.35. The van der Waals surface area contributed by atoms with Gasteiger partial charge in [0.05, 0.1) is 0 Å². The molecule has 0 atom stereocenters. The van der Waals surface area contributed by atoms with Gasteiger partial charge in [-0.05, 0) is 17.5 Å². The molecule has 0 saturated carbocycles. The Labute approximate surface area is 145 Å². The third kappa shape index (κ3) is 3.94. The molecule has 0 spiro atoms. The minimum atomic E-state index is -0.409. The highest BCUT2D eigenvalue weighted by atomic mass is 16.2. The van der Waals surface area contributed by atoms with Crippen molar-refractivity contribution in [2.75, 3.05) is 6.54 Å². The molecule has 0 aliphatic rings. The van der Waals surface area contributed by atoms with Crippen molar-refractivity contribution in [2.24, 2.45) is 5.41 Å². The lowest BCUT2D eigenvalue weighted by molar-refractivity contribution is -0.128. The standard InChI is InChI=1S/C22H27NO/c1-5-16-22(18-12-8-6-9-13-18,19-14-10-7-11-15-19)17-23-20(24)21(2,3)4/h5-15H,1,16-17H2,2-4H3,(H,23,24). The fourth-order valence-corrected chi connectivity index (χ4v) is 2.94. The van der Waals surface area contributed by atoms with Gasteiger partial charge in [-0.2, -0.15) is 0 Å². The Morgan fingerprint density at radius 1 is 0.958 bits per heavy atom. The second-order valence-electron chi connectivity index (χ2n) is 7.24. The third-order valence-corrected chi connectivity index (χ3v) is 4.38. The molecule has 0 unspecified atom stereocenters. The summed E-state index contributed by atoms with van der Waals surface area (Å²) in [5, 5.41) is 3.16. The summed E-state index contributed by atoms with van der Waals surface area (Å²) in [7, 11) is 0. The first-order valence-corrected chi connectivity index (χ1v) is 8.40. The Kier molecular flexibility index (Phi) is 5.61. The molecule has 0 aliphatic heterocycles. The summed E-state index contributed by atoms with van der Waals surface area (Å²) in [5.41, 5.74) is 1.65. The van der Waals surface area contributed by atoms with Gasteiger partial charge in [-0.25, -0.2) is 0 Å². The number of amides is 1. The SMILES string of the molecule is C=CCC(CNC(=O)C(C)(C)C)(c1ccccc1)c1ccccc1. The zero-order valence-electron chi connectivity index (χ0n) is 14.9. The van der Waals surface area contributed by atoms with Crippen molar-refractivity contribution in [1.82, 2.24) is 5.32 Å². The Balaban J connectivity index is 2.47. The summed E-state index contributed by atoms with van der Waals surface area (Å²) in [5.74, 6) is 0.0581. The molecule has 0 bridgehead atoms. The van der Waals surface area contributed by atoms with E-state index in [2.05, 4.69) is 36.2 Å². The first kappa shape index (κ1) is 18.0. The van der Waals surface area contributed by atoms with Crippen LogP contribution in [0.3, 0.4) is 0 Å². The van der Waals surface area contributed by atoms with E-state index in [1.807, 2.05) is 63.2 Å². The predicted octanol–water partition coefficient (Wildman–Crippen LogP) is 4.71. The maximum atomic E-state index is 12.4. The summed E-state index contributed by atoms with van der Waals surface area (Å²) in [6, 6.07) is 20.7. The van der Waals surface area contributed by atoms with Crippen molar-refractivity contribution in [3.8, 4) is 0 Å².